The Morgan fingerprint density at radius 3 is 2.93 bits per heavy atom. The first kappa shape index (κ1) is 12.1. The maximum atomic E-state index is 11.1. The van der Waals surface area contributed by atoms with Crippen molar-refractivity contribution in [2.45, 2.75) is 13.3 Å². The number of aromatic nitrogens is 1. The van der Waals surface area contributed by atoms with E-state index >= 15 is 0 Å². The van der Waals surface area contributed by atoms with E-state index in [-0.39, 0.29) is 5.78 Å². The van der Waals surface area contributed by atoms with E-state index in [1.807, 2.05) is 11.9 Å². The van der Waals surface area contributed by atoms with E-state index < -0.39 is 0 Å². The number of hydrogen-bond donors (Lipinski definition) is 0. The quantitative estimate of drug-likeness (QED) is 0.550. The van der Waals surface area contributed by atoms with Crippen molar-refractivity contribution in [1.82, 2.24) is 4.98 Å². The molecule has 84 valence electrons. The van der Waals surface area contributed by atoms with Crippen LogP contribution in [0.4, 0.5) is 5.13 Å². The summed E-state index contributed by atoms with van der Waals surface area (Å²) in [6.07, 6.45) is 2.59. The summed E-state index contributed by atoms with van der Waals surface area (Å²) >= 11 is 1.43. The maximum absolute atomic E-state index is 11.1. The van der Waals surface area contributed by atoms with Crippen molar-refractivity contribution >= 4 is 22.3 Å². The first-order chi connectivity index (χ1) is 7.15. The number of hydrogen-bond acceptors (Lipinski definition) is 5. The molecule has 0 amide bonds. The lowest BCUT2D eigenvalue weighted by Gasteiger charge is -2.14. The van der Waals surface area contributed by atoms with Gasteiger partial charge in [-0.2, -0.15) is 0 Å². The Kier molecular flexibility index (Phi) is 4.71. The first-order valence-corrected chi connectivity index (χ1v) is 5.63. The smallest absolute Gasteiger partial charge is 0.185 e. The number of thiazole rings is 1. The van der Waals surface area contributed by atoms with Gasteiger partial charge in [-0.15, -0.1) is 0 Å². The fourth-order valence-corrected chi connectivity index (χ4v) is 1.94. The lowest BCUT2D eigenvalue weighted by atomic mass is 10.4. The zero-order valence-electron chi connectivity index (χ0n) is 9.32. The van der Waals surface area contributed by atoms with Crippen LogP contribution in [0.3, 0.4) is 0 Å². The van der Waals surface area contributed by atoms with E-state index in [2.05, 4.69) is 4.98 Å². The highest BCUT2D eigenvalue weighted by molar-refractivity contribution is 7.17. The molecule has 0 aliphatic heterocycles. The standard InChI is InChI=1S/C10H16N2O2S/c1-8(13)9-7-11-10(15-9)12(2)5-4-6-14-3/h7H,4-6H2,1-3H3. The molecule has 0 aliphatic carbocycles. The third-order valence-corrected chi connectivity index (χ3v) is 3.22. The van der Waals surface area contributed by atoms with Crippen LogP contribution < -0.4 is 4.90 Å². The molecule has 1 heterocycles. The SMILES string of the molecule is COCCCN(C)c1ncc(C(C)=O)s1. The van der Waals surface area contributed by atoms with Gasteiger partial charge in [0, 0.05) is 34.2 Å². The number of methoxy groups -OCH3 is 1. The number of ketones is 1. The van der Waals surface area contributed by atoms with Crippen LogP contribution in [0, 0.1) is 0 Å². The number of carbonyl (C=O) groups excluding carboxylic acids is 1. The Labute approximate surface area is 93.9 Å². The van der Waals surface area contributed by atoms with Crippen molar-refractivity contribution in [3.63, 3.8) is 0 Å². The number of nitrogens with zero attached hydrogens (tertiary/aromatic N) is 2. The van der Waals surface area contributed by atoms with E-state index in [0.717, 1.165) is 24.7 Å². The number of anilines is 1. The van der Waals surface area contributed by atoms with Gasteiger partial charge in [-0.25, -0.2) is 4.98 Å². The Hall–Kier alpha value is -0.940. The van der Waals surface area contributed by atoms with E-state index in [0.29, 0.717) is 4.88 Å². The minimum Gasteiger partial charge on any atom is -0.385 e. The summed E-state index contributed by atoms with van der Waals surface area (Å²) in [6, 6.07) is 0. The summed E-state index contributed by atoms with van der Waals surface area (Å²) in [7, 11) is 3.66. The number of ether oxygens (including phenoxy) is 1. The zero-order valence-corrected chi connectivity index (χ0v) is 10.1. The largest absolute Gasteiger partial charge is 0.385 e. The van der Waals surface area contributed by atoms with Crippen molar-refractivity contribution in [1.29, 1.82) is 0 Å². The molecule has 1 rings (SSSR count). The van der Waals surface area contributed by atoms with Crippen LogP contribution in [0.5, 0.6) is 0 Å². The molecule has 15 heavy (non-hydrogen) atoms. The summed E-state index contributed by atoms with van der Waals surface area (Å²) in [4.78, 5) is 18.0. The van der Waals surface area contributed by atoms with Crippen LogP contribution in [0.25, 0.3) is 0 Å². The van der Waals surface area contributed by atoms with E-state index in [1.165, 1.54) is 11.3 Å². The normalized spacial score (nSPS) is 10.3. The molecule has 0 unspecified atom stereocenters. The number of Topliss-reactive ketones (excluding diaryl/α,β-unsaturated/α-hetero) is 1. The molecule has 0 aromatic carbocycles. The average molecular weight is 228 g/mol. The van der Waals surface area contributed by atoms with Gasteiger partial charge in [-0.3, -0.25) is 4.79 Å². The van der Waals surface area contributed by atoms with Gasteiger partial charge in [0.1, 0.15) is 0 Å². The first-order valence-electron chi connectivity index (χ1n) is 4.82. The van der Waals surface area contributed by atoms with Gasteiger partial charge < -0.3 is 9.64 Å². The second-order valence-electron chi connectivity index (χ2n) is 3.33. The molecule has 0 N–H and O–H groups in total. The molecule has 0 atom stereocenters. The van der Waals surface area contributed by atoms with Gasteiger partial charge in [0.05, 0.1) is 11.1 Å². The highest BCUT2D eigenvalue weighted by atomic mass is 32.1. The maximum Gasteiger partial charge on any atom is 0.185 e. The molecule has 0 saturated heterocycles. The van der Waals surface area contributed by atoms with Crippen LogP contribution in [-0.2, 0) is 4.74 Å². The highest BCUT2D eigenvalue weighted by Gasteiger charge is 2.09. The number of carbonyl (C=O) groups is 1. The number of rotatable bonds is 6. The monoisotopic (exact) mass is 228 g/mol. The average Bonchev–Trinajstić information content (AvgIpc) is 2.66. The fourth-order valence-electron chi connectivity index (χ4n) is 1.15. The van der Waals surface area contributed by atoms with Gasteiger partial charge in [0.15, 0.2) is 10.9 Å². The van der Waals surface area contributed by atoms with Crippen molar-refractivity contribution in [3.05, 3.63) is 11.1 Å². The van der Waals surface area contributed by atoms with Crippen LogP contribution in [0.1, 0.15) is 23.0 Å². The topological polar surface area (TPSA) is 42.4 Å². The summed E-state index contributed by atoms with van der Waals surface area (Å²) in [6.45, 7) is 3.19. The van der Waals surface area contributed by atoms with E-state index in [4.69, 9.17) is 4.74 Å². The molecule has 0 aliphatic rings. The summed E-state index contributed by atoms with van der Waals surface area (Å²) < 4.78 is 4.97. The predicted molar refractivity (Wildman–Crippen MR) is 61.9 cm³/mol. The summed E-state index contributed by atoms with van der Waals surface area (Å²) in [5, 5.41) is 0.885. The molecule has 0 saturated carbocycles. The van der Waals surface area contributed by atoms with Crippen LogP contribution in [-0.4, -0.2) is 38.1 Å². The Bertz CT molecular complexity index is 325. The van der Waals surface area contributed by atoms with Crippen molar-refractivity contribution in [2.75, 3.05) is 32.2 Å². The fraction of sp³-hybridized carbons (Fsp3) is 0.600. The summed E-state index contributed by atoms with van der Waals surface area (Å²) in [5.41, 5.74) is 0. The molecule has 0 radical (unpaired) electrons. The lowest BCUT2D eigenvalue weighted by molar-refractivity contribution is 0.102. The molecule has 0 fully saturated rings. The lowest BCUT2D eigenvalue weighted by Crippen LogP contribution is -2.19. The van der Waals surface area contributed by atoms with E-state index in [1.54, 1.807) is 20.2 Å². The molecular formula is C10H16N2O2S. The minimum absolute atomic E-state index is 0.0732. The third kappa shape index (κ3) is 3.60. The van der Waals surface area contributed by atoms with Crippen molar-refractivity contribution in [2.24, 2.45) is 0 Å². The van der Waals surface area contributed by atoms with Gasteiger partial charge >= 0.3 is 0 Å². The summed E-state index contributed by atoms with van der Waals surface area (Å²) in [5.74, 6) is 0.0732. The second-order valence-corrected chi connectivity index (χ2v) is 4.34. The molecule has 1 aromatic rings. The van der Waals surface area contributed by atoms with Crippen LogP contribution in [0.2, 0.25) is 0 Å². The van der Waals surface area contributed by atoms with Crippen molar-refractivity contribution in [3.8, 4) is 0 Å². The molecule has 0 spiro atoms. The van der Waals surface area contributed by atoms with Gasteiger partial charge in [0.25, 0.3) is 0 Å². The molecular weight excluding hydrogens is 212 g/mol. The highest BCUT2D eigenvalue weighted by Crippen LogP contribution is 2.21. The minimum atomic E-state index is 0.0732. The van der Waals surface area contributed by atoms with Crippen LogP contribution in [0.15, 0.2) is 6.20 Å². The van der Waals surface area contributed by atoms with Crippen LogP contribution >= 0.6 is 11.3 Å². The molecule has 1 aromatic heterocycles. The van der Waals surface area contributed by atoms with Gasteiger partial charge in [0.2, 0.25) is 0 Å². The molecule has 0 bridgehead atoms. The Morgan fingerprint density at radius 2 is 2.40 bits per heavy atom. The Balaban J connectivity index is 2.50. The van der Waals surface area contributed by atoms with Gasteiger partial charge in [-0.05, 0) is 6.42 Å². The third-order valence-electron chi connectivity index (χ3n) is 2.01. The van der Waals surface area contributed by atoms with Gasteiger partial charge in [-0.1, -0.05) is 11.3 Å². The van der Waals surface area contributed by atoms with E-state index in [9.17, 15) is 4.79 Å². The predicted octanol–water partition coefficient (Wildman–Crippen LogP) is 1.82. The zero-order chi connectivity index (χ0) is 11.3. The molecule has 5 heteroatoms. The second kappa shape index (κ2) is 5.82. The van der Waals surface area contributed by atoms with Crippen molar-refractivity contribution < 1.29 is 9.53 Å². The Morgan fingerprint density at radius 1 is 1.67 bits per heavy atom. The molecule has 4 nitrogen and oxygen atoms in total.